The highest BCUT2D eigenvalue weighted by Crippen LogP contribution is 2.39. The Balaban J connectivity index is 0.787. The number of amides is 4. The highest BCUT2D eigenvalue weighted by molar-refractivity contribution is 7.93. The minimum atomic E-state index is -3.77. The van der Waals surface area contributed by atoms with Crippen LogP contribution in [-0.2, 0) is 31.6 Å². The Labute approximate surface area is 393 Å². The van der Waals surface area contributed by atoms with E-state index in [2.05, 4.69) is 35.9 Å². The predicted molar refractivity (Wildman–Crippen MR) is 247 cm³/mol. The molecule has 66 heavy (non-hydrogen) atoms. The lowest BCUT2D eigenvalue weighted by Gasteiger charge is -2.38. The molecule has 0 radical (unpaired) electrons. The maximum absolute atomic E-state index is 13.5. The summed E-state index contributed by atoms with van der Waals surface area (Å²) in [7, 11) is -3.77. The van der Waals surface area contributed by atoms with Crippen molar-refractivity contribution in [2.24, 2.45) is 5.92 Å². The van der Waals surface area contributed by atoms with Crippen LogP contribution in [-0.4, -0.2) is 108 Å². The number of anilines is 2. The van der Waals surface area contributed by atoms with Gasteiger partial charge in [0.2, 0.25) is 27.8 Å². The van der Waals surface area contributed by atoms with E-state index in [0.717, 1.165) is 54.2 Å². The van der Waals surface area contributed by atoms with E-state index in [1.54, 1.807) is 30.3 Å². The van der Waals surface area contributed by atoms with Gasteiger partial charge < -0.3 is 19.3 Å². The minimum Gasteiger partial charge on any atom is -0.489 e. The number of nitrogens with one attached hydrogen (secondary N) is 2. The van der Waals surface area contributed by atoms with Gasteiger partial charge in [-0.3, -0.25) is 34.1 Å². The summed E-state index contributed by atoms with van der Waals surface area (Å²) in [4.78, 5) is 64.7. The summed E-state index contributed by atoms with van der Waals surface area (Å²) < 4.78 is 41.3. The zero-order chi connectivity index (χ0) is 46.8. The Hall–Kier alpha value is -5.80. The second-order valence-corrected chi connectivity index (χ2v) is 20.3. The molecule has 1 aromatic heterocycles. The lowest BCUT2D eigenvalue weighted by atomic mass is 9.77. The topological polar surface area (TPSA) is 204 Å². The summed E-state index contributed by atoms with van der Waals surface area (Å²) in [6.45, 7) is 8.05. The van der Waals surface area contributed by atoms with Crippen LogP contribution in [0.3, 0.4) is 0 Å². The van der Waals surface area contributed by atoms with E-state index in [4.69, 9.17) is 32.7 Å². The van der Waals surface area contributed by atoms with E-state index in [0.29, 0.717) is 59.6 Å². The fraction of sp³-hybridized carbons (Fsp3) is 0.426. The first-order chi connectivity index (χ1) is 31.6. The van der Waals surface area contributed by atoms with Gasteiger partial charge in [0.1, 0.15) is 31.1 Å². The van der Waals surface area contributed by atoms with E-state index < -0.39 is 50.4 Å². The Morgan fingerprint density at radius 2 is 1.62 bits per heavy atom. The number of halogens is 2. The number of aromatic nitrogens is 2. The number of carbonyl (C=O) groups excluding carboxylic acids is 4. The number of imide groups is 2. The first-order valence-corrected chi connectivity index (χ1v) is 24.4. The highest BCUT2D eigenvalue weighted by Gasteiger charge is 2.45. The van der Waals surface area contributed by atoms with E-state index in [-0.39, 0.29) is 49.0 Å². The van der Waals surface area contributed by atoms with Gasteiger partial charge in [0.15, 0.2) is 5.75 Å². The standard InChI is InChI=1S/C47H50Cl2N8O8S/c1-47(2,32-23-30(26-50)42(39(49)24-32)64-22-16-48)31-3-6-35(7-4-31)65-28-33-11-17-51-46(52-33)54-66(62,63)36-14-18-55(19-15-36)27-29-12-20-56(21-13-29)34-5-8-37-38(25-34)45(61)57(44(37)60)40-9-10-41(58)53-43(40)59/h3-8,11,17,23-25,29,36,40H,9-10,12-16,18-22,27-28H2,1-2H3,(H,51,52,54)(H,53,58,59). The van der Waals surface area contributed by atoms with Crippen molar-refractivity contribution in [2.45, 2.75) is 75.7 Å². The minimum absolute atomic E-state index is 0.0113. The number of hydrogen-bond acceptors (Lipinski definition) is 13. The van der Waals surface area contributed by atoms with Crippen LogP contribution in [0.4, 0.5) is 11.6 Å². The van der Waals surface area contributed by atoms with Crippen molar-refractivity contribution in [3.05, 3.63) is 105 Å². The first kappa shape index (κ1) is 46.7. The number of piperidine rings is 3. The molecule has 3 fully saturated rings. The molecule has 0 bridgehead atoms. The third-order valence-electron chi connectivity index (χ3n) is 13.0. The molecule has 16 nitrogen and oxygen atoms in total. The van der Waals surface area contributed by atoms with Crippen molar-refractivity contribution in [1.29, 1.82) is 5.26 Å². The van der Waals surface area contributed by atoms with Crippen molar-refractivity contribution in [3.8, 4) is 17.6 Å². The fourth-order valence-corrected chi connectivity index (χ4v) is 10.9. The van der Waals surface area contributed by atoms with E-state index >= 15 is 0 Å². The van der Waals surface area contributed by atoms with E-state index in [9.17, 15) is 32.9 Å². The Kier molecular flexibility index (Phi) is 13.9. The summed E-state index contributed by atoms with van der Waals surface area (Å²) in [5, 5.41) is 11.7. The quantitative estimate of drug-likeness (QED) is 0.103. The maximum atomic E-state index is 13.5. The highest BCUT2D eigenvalue weighted by atomic mass is 35.5. The van der Waals surface area contributed by atoms with Gasteiger partial charge in [0, 0.05) is 43.4 Å². The molecule has 0 spiro atoms. The van der Waals surface area contributed by atoms with Crippen molar-refractivity contribution in [3.63, 3.8) is 0 Å². The second-order valence-electron chi connectivity index (χ2n) is 17.5. The van der Waals surface area contributed by atoms with Gasteiger partial charge >= 0.3 is 0 Å². The summed E-state index contributed by atoms with van der Waals surface area (Å²) >= 11 is 12.3. The molecule has 0 saturated carbocycles. The normalized spacial score (nSPS) is 18.8. The molecule has 1 atom stereocenters. The van der Waals surface area contributed by atoms with Crippen molar-refractivity contribution >= 4 is 68.5 Å². The van der Waals surface area contributed by atoms with Gasteiger partial charge in [-0.2, -0.15) is 5.26 Å². The number of nitrogens with zero attached hydrogens (tertiary/aromatic N) is 6. The summed E-state index contributed by atoms with van der Waals surface area (Å²) in [6, 6.07) is 19.2. The van der Waals surface area contributed by atoms with Crippen molar-refractivity contribution in [1.82, 2.24) is 25.1 Å². The average molecular weight is 958 g/mol. The number of sulfonamides is 1. The first-order valence-electron chi connectivity index (χ1n) is 22.0. The molecule has 3 saturated heterocycles. The van der Waals surface area contributed by atoms with Crippen LogP contribution in [0.1, 0.15) is 95.5 Å². The van der Waals surface area contributed by atoms with Crippen LogP contribution in [0.15, 0.2) is 66.9 Å². The molecule has 4 amide bonds. The van der Waals surface area contributed by atoms with Gasteiger partial charge in [-0.1, -0.05) is 37.6 Å². The lowest BCUT2D eigenvalue weighted by Crippen LogP contribution is -2.54. The van der Waals surface area contributed by atoms with Gasteiger partial charge in [-0.15, -0.1) is 11.6 Å². The number of ether oxygens (including phenoxy) is 2. The van der Waals surface area contributed by atoms with Gasteiger partial charge in [-0.25, -0.2) is 18.4 Å². The number of rotatable bonds is 15. The molecule has 1 unspecified atom stereocenters. The zero-order valence-corrected chi connectivity index (χ0v) is 38.9. The smallest absolute Gasteiger partial charge is 0.262 e. The van der Waals surface area contributed by atoms with Crippen LogP contribution < -0.4 is 24.4 Å². The van der Waals surface area contributed by atoms with Crippen molar-refractivity contribution in [2.75, 3.05) is 54.8 Å². The number of hydrogen-bond donors (Lipinski definition) is 2. The number of carbonyl (C=O) groups is 4. The van der Waals surface area contributed by atoms with Crippen LogP contribution in [0.5, 0.6) is 11.5 Å². The molecule has 4 aliphatic rings. The zero-order valence-electron chi connectivity index (χ0n) is 36.6. The molecule has 346 valence electrons. The summed E-state index contributed by atoms with van der Waals surface area (Å²) in [5.41, 5.74) is 3.48. The van der Waals surface area contributed by atoms with Crippen LogP contribution in [0, 0.1) is 17.2 Å². The molecule has 5 heterocycles. The van der Waals surface area contributed by atoms with Gasteiger partial charge in [0.05, 0.1) is 38.5 Å². The molecule has 4 aromatic rings. The van der Waals surface area contributed by atoms with E-state index in [1.807, 2.05) is 44.2 Å². The third-order valence-corrected chi connectivity index (χ3v) is 15.3. The molecule has 2 N–H and O–H groups in total. The number of likely N-dealkylation sites (tertiary alicyclic amines) is 1. The second kappa shape index (κ2) is 19.6. The van der Waals surface area contributed by atoms with Crippen LogP contribution in [0.2, 0.25) is 5.02 Å². The number of nitriles is 1. The molecule has 8 rings (SSSR count). The molecule has 4 aliphatic heterocycles. The summed E-state index contributed by atoms with van der Waals surface area (Å²) in [6.07, 6.45) is 4.45. The molecule has 0 aliphatic carbocycles. The number of fused-ring (bicyclic) bond motifs is 1. The molecule has 3 aromatic carbocycles. The Bertz CT molecular complexity index is 2680. The van der Waals surface area contributed by atoms with Gasteiger partial charge in [0.25, 0.3) is 11.8 Å². The molecular weight excluding hydrogens is 908 g/mol. The van der Waals surface area contributed by atoms with Crippen LogP contribution in [0.25, 0.3) is 0 Å². The molecular formula is C47H50Cl2N8O8S. The van der Waals surface area contributed by atoms with E-state index in [1.165, 1.54) is 6.20 Å². The average Bonchev–Trinajstić information content (AvgIpc) is 3.55. The number of alkyl halides is 1. The maximum Gasteiger partial charge on any atom is 0.262 e. The number of benzene rings is 3. The predicted octanol–water partition coefficient (Wildman–Crippen LogP) is 6.05. The fourth-order valence-electron chi connectivity index (χ4n) is 9.15. The van der Waals surface area contributed by atoms with Crippen LogP contribution >= 0.6 is 23.2 Å². The van der Waals surface area contributed by atoms with Gasteiger partial charge in [-0.05, 0) is 111 Å². The Morgan fingerprint density at radius 1 is 0.894 bits per heavy atom. The van der Waals surface area contributed by atoms with Crippen molar-refractivity contribution < 1.29 is 37.1 Å². The largest absolute Gasteiger partial charge is 0.489 e. The lowest BCUT2D eigenvalue weighted by molar-refractivity contribution is -0.136. The molecule has 19 heteroatoms. The third kappa shape index (κ3) is 9.97. The summed E-state index contributed by atoms with van der Waals surface area (Å²) in [5.74, 6) is -0.515. The Morgan fingerprint density at radius 3 is 2.32 bits per heavy atom. The monoisotopic (exact) mass is 956 g/mol. The SMILES string of the molecule is CC(C)(c1ccc(OCc2ccnc(NS(=O)(=O)C3CCN(CC4CCN(c5ccc6c(c5)C(=O)N(C5CCC(=O)NC5=O)C6=O)CC4)CC3)n2)cc1)c1cc(Cl)c(OCCCl)c(C#N)c1.